The third-order valence-corrected chi connectivity index (χ3v) is 6.62. The number of carbonyl (C=O) groups is 1. The number of anilines is 1. The first kappa shape index (κ1) is 21.7. The molecule has 3 aromatic rings. The van der Waals surface area contributed by atoms with Crippen LogP contribution in [0.1, 0.15) is 21.5 Å². The van der Waals surface area contributed by atoms with Crippen LogP contribution in [0.5, 0.6) is 11.5 Å². The second-order valence-electron chi connectivity index (χ2n) is 7.66. The number of rotatable bonds is 6. The molecule has 1 amide bonds. The van der Waals surface area contributed by atoms with Crippen molar-refractivity contribution < 1.29 is 22.7 Å². The third-order valence-electron chi connectivity index (χ3n) is 5.10. The molecule has 1 aliphatic heterocycles. The Morgan fingerprint density at radius 2 is 1.72 bits per heavy atom. The number of aryl methyl sites for hydroxylation is 2. The highest BCUT2D eigenvalue weighted by Crippen LogP contribution is 2.30. The maximum absolute atomic E-state index is 12.9. The summed E-state index contributed by atoms with van der Waals surface area (Å²) in [5.74, 6) is 0.910. The Labute approximate surface area is 187 Å². The molecule has 1 aliphatic rings. The van der Waals surface area contributed by atoms with Crippen molar-refractivity contribution in [3.05, 3.63) is 83.4 Å². The molecule has 1 atom stereocenters. The predicted octanol–water partition coefficient (Wildman–Crippen LogP) is 3.67. The molecule has 8 heteroatoms. The lowest BCUT2D eigenvalue weighted by atomic mass is 10.1. The van der Waals surface area contributed by atoms with Crippen molar-refractivity contribution in [2.75, 3.05) is 17.9 Å². The van der Waals surface area contributed by atoms with E-state index in [1.165, 1.54) is 6.07 Å². The van der Waals surface area contributed by atoms with E-state index >= 15 is 0 Å². The number of fused-ring (bicyclic) bond motifs is 1. The summed E-state index contributed by atoms with van der Waals surface area (Å²) < 4.78 is 39.9. The number of sulfonamides is 1. The first-order valence-electron chi connectivity index (χ1n) is 10.2. The van der Waals surface area contributed by atoms with Crippen LogP contribution in [0.2, 0.25) is 0 Å². The molecular weight excluding hydrogens is 428 g/mol. The first-order valence-corrected chi connectivity index (χ1v) is 11.7. The molecular formula is C24H24N2O5S. The van der Waals surface area contributed by atoms with Crippen LogP contribution >= 0.6 is 0 Å². The maximum atomic E-state index is 12.9. The Morgan fingerprint density at radius 1 is 1.00 bits per heavy atom. The van der Waals surface area contributed by atoms with E-state index in [-0.39, 0.29) is 29.0 Å². The van der Waals surface area contributed by atoms with E-state index in [0.29, 0.717) is 29.4 Å². The number of nitrogens with one attached hydrogen (secondary N) is 2. The summed E-state index contributed by atoms with van der Waals surface area (Å²) in [4.78, 5) is 12.7. The molecule has 166 valence electrons. The zero-order valence-corrected chi connectivity index (χ0v) is 18.6. The van der Waals surface area contributed by atoms with Gasteiger partial charge in [-0.1, -0.05) is 35.9 Å². The van der Waals surface area contributed by atoms with Gasteiger partial charge in [-0.25, -0.2) is 8.42 Å². The fourth-order valence-electron chi connectivity index (χ4n) is 3.33. The Kier molecular flexibility index (Phi) is 6.05. The predicted molar refractivity (Wildman–Crippen MR) is 122 cm³/mol. The number of carbonyl (C=O) groups excluding carboxylic acids is 1. The van der Waals surface area contributed by atoms with Crippen LogP contribution in [0, 0.1) is 13.8 Å². The number of para-hydroxylation sites is 2. The summed E-state index contributed by atoms with van der Waals surface area (Å²) >= 11 is 0. The summed E-state index contributed by atoms with van der Waals surface area (Å²) in [6.07, 6.45) is -0.342. The minimum Gasteiger partial charge on any atom is -0.486 e. The van der Waals surface area contributed by atoms with Gasteiger partial charge in [-0.2, -0.15) is 0 Å². The molecule has 0 saturated heterocycles. The molecule has 0 unspecified atom stereocenters. The fourth-order valence-corrected chi connectivity index (χ4v) is 4.67. The molecule has 0 spiro atoms. The van der Waals surface area contributed by atoms with Gasteiger partial charge in [0, 0.05) is 11.3 Å². The highest BCUT2D eigenvalue weighted by atomic mass is 32.2. The minimum atomic E-state index is -3.86. The van der Waals surface area contributed by atoms with E-state index in [1.807, 2.05) is 43.3 Å². The molecule has 0 radical (unpaired) electrons. The molecule has 7 nitrogen and oxygen atoms in total. The van der Waals surface area contributed by atoms with Crippen molar-refractivity contribution in [2.24, 2.45) is 0 Å². The molecule has 3 aromatic carbocycles. The summed E-state index contributed by atoms with van der Waals surface area (Å²) in [6, 6.07) is 19.0. The van der Waals surface area contributed by atoms with E-state index in [4.69, 9.17) is 9.47 Å². The summed E-state index contributed by atoms with van der Waals surface area (Å²) in [6.45, 7) is 4.15. The normalized spacial score (nSPS) is 15.1. The Bertz CT molecular complexity index is 1240. The highest BCUT2D eigenvalue weighted by Gasteiger charge is 2.23. The molecule has 32 heavy (non-hydrogen) atoms. The molecule has 0 fully saturated rings. The lowest BCUT2D eigenvalue weighted by molar-refractivity contribution is 0.0789. The Balaban J connectivity index is 1.45. The Morgan fingerprint density at radius 3 is 2.47 bits per heavy atom. The Hall–Kier alpha value is -3.52. The van der Waals surface area contributed by atoms with Gasteiger partial charge in [0.25, 0.3) is 15.9 Å². The number of hydrogen-bond acceptors (Lipinski definition) is 5. The number of hydrogen-bond donors (Lipinski definition) is 2. The lowest BCUT2D eigenvalue weighted by Crippen LogP contribution is -2.40. The summed E-state index contributed by atoms with van der Waals surface area (Å²) in [5, 5.41) is 2.79. The number of amides is 1. The highest BCUT2D eigenvalue weighted by molar-refractivity contribution is 7.92. The minimum absolute atomic E-state index is 0.0527. The monoisotopic (exact) mass is 452 g/mol. The van der Waals surface area contributed by atoms with Gasteiger partial charge in [0.2, 0.25) is 0 Å². The zero-order valence-electron chi connectivity index (χ0n) is 17.8. The van der Waals surface area contributed by atoms with E-state index in [0.717, 1.165) is 5.56 Å². The smallest absolute Gasteiger partial charge is 0.262 e. The van der Waals surface area contributed by atoms with Crippen molar-refractivity contribution in [2.45, 2.75) is 24.8 Å². The molecule has 0 aliphatic carbocycles. The van der Waals surface area contributed by atoms with Crippen molar-refractivity contribution >= 4 is 21.6 Å². The van der Waals surface area contributed by atoms with Crippen LogP contribution in [0.25, 0.3) is 0 Å². The van der Waals surface area contributed by atoms with Crippen molar-refractivity contribution in [3.8, 4) is 11.5 Å². The van der Waals surface area contributed by atoms with Gasteiger partial charge in [0.1, 0.15) is 12.7 Å². The van der Waals surface area contributed by atoms with Crippen molar-refractivity contribution in [3.63, 3.8) is 0 Å². The molecule has 1 heterocycles. The largest absolute Gasteiger partial charge is 0.486 e. The second kappa shape index (κ2) is 8.92. The van der Waals surface area contributed by atoms with Crippen LogP contribution in [-0.2, 0) is 10.0 Å². The standard InChI is InChI=1S/C24H24N2O5S/c1-16-7-11-19(12-8-16)26-32(28,29)23-13-18(10-9-17(23)2)24(27)25-14-20-15-30-21-5-3-4-6-22(21)31-20/h3-13,20,26H,14-15H2,1-2H3,(H,25,27)/t20-/m0/s1. The van der Waals surface area contributed by atoms with Gasteiger partial charge in [0.15, 0.2) is 11.5 Å². The average molecular weight is 453 g/mol. The number of ether oxygens (including phenoxy) is 2. The fraction of sp³-hybridized carbons (Fsp3) is 0.208. The van der Waals surface area contributed by atoms with Gasteiger partial charge in [-0.3, -0.25) is 9.52 Å². The van der Waals surface area contributed by atoms with Gasteiger partial charge in [-0.05, 0) is 55.8 Å². The second-order valence-corrected chi connectivity index (χ2v) is 9.31. The lowest BCUT2D eigenvalue weighted by Gasteiger charge is -2.26. The average Bonchev–Trinajstić information content (AvgIpc) is 2.79. The molecule has 4 rings (SSSR count). The van der Waals surface area contributed by atoms with Crippen molar-refractivity contribution in [1.29, 1.82) is 0 Å². The quantitative estimate of drug-likeness (QED) is 0.595. The van der Waals surface area contributed by atoms with E-state index in [1.54, 1.807) is 31.2 Å². The summed E-state index contributed by atoms with van der Waals surface area (Å²) in [5.41, 5.74) is 2.28. The van der Waals surface area contributed by atoms with Crippen LogP contribution < -0.4 is 19.5 Å². The van der Waals surface area contributed by atoms with Crippen LogP contribution in [0.15, 0.2) is 71.6 Å². The molecule has 0 aromatic heterocycles. The number of benzene rings is 3. The topological polar surface area (TPSA) is 93.7 Å². The van der Waals surface area contributed by atoms with E-state index in [9.17, 15) is 13.2 Å². The summed E-state index contributed by atoms with van der Waals surface area (Å²) in [7, 11) is -3.86. The maximum Gasteiger partial charge on any atom is 0.262 e. The van der Waals surface area contributed by atoms with Crippen LogP contribution in [0.4, 0.5) is 5.69 Å². The third kappa shape index (κ3) is 4.86. The van der Waals surface area contributed by atoms with Gasteiger partial charge in [-0.15, -0.1) is 0 Å². The van der Waals surface area contributed by atoms with Crippen LogP contribution in [0.3, 0.4) is 0 Å². The van der Waals surface area contributed by atoms with E-state index < -0.39 is 10.0 Å². The molecule has 2 N–H and O–H groups in total. The zero-order chi connectivity index (χ0) is 22.7. The molecule has 0 saturated carbocycles. The van der Waals surface area contributed by atoms with Crippen molar-refractivity contribution in [1.82, 2.24) is 5.32 Å². The van der Waals surface area contributed by atoms with Gasteiger partial charge < -0.3 is 14.8 Å². The molecule has 0 bridgehead atoms. The van der Waals surface area contributed by atoms with E-state index in [2.05, 4.69) is 10.0 Å². The van der Waals surface area contributed by atoms with Gasteiger partial charge >= 0.3 is 0 Å². The SMILES string of the molecule is Cc1ccc(NS(=O)(=O)c2cc(C(=O)NC[C@H]3COc4ccccc4O3)ccc2C)cc1. The first-order chi connectivity index (χ1) is 15.3. The van der Waals surface area contributed by atoms with Crippen LogP contribution in [-0.4, -0.2) is 33.6 Å². The van der Waals surface area contributed by atoms with Gasteiger partial charge in [0.05, 0.1) is 11.4 Å².